The Balaban J connectivity index is 1.46. The van der Waals surface area contributed by atoms with Gasteiger partial charge in [-0.3, -0.25) is 4.79 Å². The maximum Gasteiger partial charge on any atom is 0.370 e. The van der Waals surface area contributed by atoms with Crippen molar-refractivity contribution in [2.45, 2.75) is 44.6 Å². The lowest BCUT2D eigenvalue weighted by molar-refractivity contribution is 0.0764. The minimum atomic E-state index is -0.686. The number of rotatable bonds is 8. The molecule has 36 heavy (non-hydrogen) atoms. The van der Waals surface area contributed by atoms with E-state index in [0.29, 0.717) is 41.7 Å². The second kappa shape index (κ2) is 9.63. The Kier molecular flexibility index (Phi) is 6.53. The summed E-state index contributed by atoms with van der Waals surface area (Å²) in [7, 11) is 1.59. The lowest BCUT2D eigenvalue weighted by atomic mass is 9.84. The lowest BCUT2D eigenvalue weighted by Gasteiger charge is -2.29. The fraction of sp³-hybridized carbons (Fsp3) is 0.370. The van der Waals surface area contributed by atoms with Gasteiger partial charge in [0.05, 0.1) is 12.8 Å². The molecular weight excluding hydrogens is 476 g/mol. The number of nitrogens with one attached hydrogen (secondary N) is 1. The number of carbonyl (C=O) groups excluding carboxylic acids is 2. The molecule has 1 fully saturated rings. The summed E-state index contributed by atoms with van der Waals surface area (Å²) in [6, 6.07) is 16.0. The molecule has 2 heterocycles. The molecule has 1 aromatic heterocycles. The number of anilines is 1. The highest BCUT2D eigenvalue weighted by atomic mass is 32.1. The third-order valence-electron chi connectivity index (χ3n) is 6.98. The summed E-state index contributed by atoms with van der Waals surface area (Å²) in [6.07, 6.45) is 2.98. The summed E-state index contributed by atoms with van der Waals surface area (Å²) >= 11 is 3.66. The van der Waals surface area contributed by atoms with Gasteiger partial charge in [-0.1, -0.05) is 26.0 Å². The molecule has 0 radical (unpaired) electrons. The van der Waals surface area contributed by atoms with Gasteiger partial charge in [-0.25, -0.2) is 9.48 Å². The van der Waals surface area contributed by atoms with Crippen molar-refractivity contribution in [2.75, 3.05) is 25.1 Å². The van der Waals surface area contributed by atoms with E-state index in [-0.39, 0.29) is 17.0 Å². The molecule has 9 heteroatoms. The zero-order valence-corrected chi connectivity index (χ0v) is 21.5. The van der Waals surface area contributed by atoms with Gasteiger partial charge in [0, 0.05) is 48.7 Å². The fourth-order valence-electron chi connectivity index (χ4n) is 4.61. The molecule has 1 saturated carbocycles. The Hall–Kier alpha value is -3.30. The van der Waals surface area contributed by atoms with Gasteiger partial charge in [0.25, 0.3) is 5.91 Å². The van der Waals surface area contributed by atoms with Gasteiger partial charge in [0.2, 0.25) is 0 Å². The Morgan fingerprint density at radius 3 is 2.39 bits per heavy atom. The first kappa shape index (κ1) is 24.4. The Bertz CT molecular complexity index is 1280. The number of carbonyl (C=O) groups is 2. The monoisotopic (exact) mass is 506 g/mol. The number of fused-ring (bicyclic) bond motifs is 1. The molecule has 2 aromatic carbocycles. The topological polar surface area (TPSA) is 85.7 Å². The quantitative estimate of drug-likeness (QED) is 0.353. The summed E-state index contributed by atoms with van der Waals surface area (Å²) in [5.74, 6) is -0.229. The lowest BCUT2D eigenvalue weighted by Crippen LogP contribution is -2.39. The third kappa shape index (κ3) is 4.60. The largest absolute Gasteiger partial charge is 0.497 e. The van der Waals surface area contributed by atoms with E-state index in [1.54, 1.807) is 36.3 Å². The predicted molar refractivity (Wildman–Crippen MR) is 140 cm³/mol. The van der Waals surface area contributed by atoms with E-state index in [4.69, 9.17) is 4.74 Å². The molecular formula is C27H30N4O4S. The summed E-state index contributed by atoms with van der Waals surface area (Å²) in [5, 5.41) is 8.06. The summed E-state index contributed by atoms with van der Waals surface area (Å²) in [6.45, 7) is 5.80. The average molecular weight is 507 g/mol. The van der Waals surface area contributed by atoms with Crippen LogP contribution in [0, 0.1) is 0 Å². The molecule has 8 nitrogen and oxygen atoms in total. The smallest absolute Gasteiger partial charge is 0.370 e. The molecule has 0 saturated heterocycles. The van der Waals surface area contributed by atoms with Crippen LogP contribution in [0.25, 0.3) is 5.69 Å². The number of methoxy groups -OCH3 is 1. The number of amides is 1. The molecule has 3 aromatic rings. The van der Waals surface area contributed by atoms with Gasteiger partial charge in [0.15, 0.2) is 5.69 Å². The second-order valence-corrected chi connectivity index (χ2v) is 10.1. The van der Waals surface area contributed by atoms with Gasteiger partial charge >= 0.3 is 5.97 Å². The minimum Gasteiger partial charge on any atom is -0.497 e. The number of ether oxygens (including phenoxy) is 1. The van der Waals surface area contributed by atoms with Crippen LogP contribution in [0.2, 0.25) is 0 Å². The highest BCUT2D eigenvalue weighted by Gasteiger charge is 2.36. The van der Waals surface area contributed by atoms with Crippen LogP contribution in [0.1, 0.15) is 58.8 Å². The number of benzene rings is 2. The number of thiol groups is 1. The van der Waals surface area contributed by atoms with Gasteiger partial charge in [0.1, 0.15) is 11.4 Å². The first-order valence-corrected chi connectivity index (χ1v) is 12.5. The van der Waals surface area contributed by atoms with Crippen LogP contribution in [-0.4, -0.2) is 47.9 Å². The molecule has 1 amide bonds. The van der Waals surface area contributed by atoms with Gasteiger partial charge < -0.3 is 19.1 Å². The van der Waals surface area contributed by atoms with Crippen LogP contribution in [0.3, 0.4) is 0 Å². The van der Waals surface area contributed by atoms with E-state index in [2.05, 4.69) is 53.5 Å². The standard InChI is InChI=1S/C27H30N4O4S/c1-27(2,16-28-18-6-7-18)17-4-8-19(9-5-17)30-15-14-22-23(26(33)35-36)29-31(24(22)25(30)32)20-10-12-21(34-3)13-11-20/h4-5,8-13,18,28,36H,6-7,14-16H2,1-3H3. The number of nitrogens with zero attached hydrogens (tertiary/aromatic N) is 3. The molecule has 0 atom stereocenters. The van der Waals surface area contributed by atoms with Crippen LogP contribution >= 0.6 is 12.9 Å². The maximum atomic E-state index is 13.8. The number of aromatic nitrogens is 2. The van der Waals surface area contributed by atoms with E-state index in [9.17, 15) is 9.59 Å². The van der Waals surface area contributed by atoms with Gasteiger partial charge in [-0.2, -0.15) is 5.10 Å². The Morgan fingerprint density at radius 1 is 1.11 bits per heavy atom. The summed E-state index contributed by atoms with van der Waals surface area (Å²) in [4.78, 5) is 27.9. The highest BCUT2D eigenvalue weighted by molar-refractivity contribution is 7.75. The van der Waals surface area contributed by atoms with Crippen molar-refractivity contribution in [1.82, 2.24) is 15.1 Å². The summed E-state index contributed by atoms with van der Waals surface area (Å²) in [5.41, 5.74) is 3.65. The molecule has 0 unspecified atom stereocenters. The van der Waals surface area contributed by atoms with E-state index in [1.807, 2.05) is 12.1 Å². The van der Waals surface area contributed by atoms with Crippen molar-refractivity contribution >= 4 is 30.5 Å². The Morgan fingerprint density at radius 2 is 1.78 bits per heavy atom. The highest BCUT2D eigenvalue weighted by Crippen LogP contribution is 2.32. The van der Waals surface area contributed by atoms with Gasteiger partial charge in [-0.15, -0.1) is 0 Å². The van der Waals surface area contributed by atoms with Crippen molar-refractivity contribution < 1.29 is 18.5 Å². The Labute approximate surface area is 216 Å². The predicted octanol–water partition coefficient (Wildman–Crippen LogP) is 4.12. The van der Waals surface area contributed by atoms with Crippen molar-refractivity contribution in [3.63, 3.8) is 0 Å². The van der Waals surface area contributed by atoms with E-state index >= 15 is 0 Å². The molecule has 0 spiro atoms. The first-order chi connectivity index (χ1) is 17.3. The van der Waals surface area contributed by atoms with Crippen LogP contribution in [0.5, 0.6) is 5.75 Å². The van der Waals surface area contributed by atoms with Gasteiger partial charge in [-0.05, 0) is 61.2 Å². The molecule has 1 aliphatic heterocycles. The molecule has 1 aliphatic carbocycles. The van der Waals surface area contributed by atoms with E-state index < -0.39 is 5.97 Å². The van der Waals surface area contributed by atoms with Crippen molar-refractivity contribution in [3.8, 4) is 11.4 Å². The van der Waals surface area contributed by atoms with Crippen molar-refractivity contribution in [3.05, 3.63) is 71.0 Å². The molecule has 5 rings (SSSR count). The summed E-state index contributed by atoms with van der Waals surface area (Å²) < 4.78 is 11.4. The molecule has 2 aliphatic rings. The zero-order valence-electron chi connectivity index (χ0n) is 20.7. The molecule has 0 bridgehead atoms. The molecule has 188 valence electrons. The average Bonchev–Trinajstić information content (AvgIpc) is 3.66. The first-order valence-electron chi connectivity index (χ1n) is 12.1. The second-order valence-electron chi connectivity index (χ2n) is 9.96. The van der Waals surface area contributed by atoms with Crippen LogP contribution in [-0.2, 0) is 16.0 Å². The zero-order chi connectivity index (χ0) is 25.4. The third-order valence-corrected chi connectivity index (χ3v) is 7.15. The van der Waals surface area contributed by atoms with Crippen molar-refractivity contribution in [2.24, 2.45) is 0 Å². The van der Waals surface area contributed by atoms with Crippen LogP contribution in [0.15, 0.2) is 48.5 Å². The number of hydrogen-bond acceptors (Lipinski definition) is 7. The van der Waals surface area contributed by atoms with Crippen molar-refractivity contribution in [1.29, 1.82) is 0 Å². The fourth-order valence-corrected chi connectivity index (χ4v) is 4.69. The number of hydrogen-bond donors (Lipinski definition) is 2. The van der Waals surface area contributed by atoms with E-state index in [0.717, 1.165) is 12.2 Å². The van der Waals surface area contributed by atoms with E-state index in [1.165, 1.54) is 23.1 Å². The molecule has 1 N–H and O–H groups in total. The van der Waals surface area contributed by atoms with Crippen LogP contribution < -0.4 is 15.0 Å². The normalized spacial score (nSPS) is 15.6. The van der Waals surface area contributed by atoms with Crippen LogP contribution in [0.4, 0.5) is 5.69 Å². The minimum absolute atomic E-state index is 0.0185. The maximum absolute atomic E-state index is 13.8. The SMILES string of the molecule is COc1ccc(-n2nc(C(=O)OS)c3c2C(=O)N(c2ccc(C(C)(C)CNC4CC4)cc2)CC3)cc1.